The maximum atomic E-state index is 10.2. The molecule has 1 saturated heterocycles. The molecule has 1 unspecified atom stereocenters. The van der Waals surface area contributed by atoms with Gasteiger partial charge in [0.05, 0.1) is 6.61 Å². The summed E-state index contributed by atoms with van der Waals surface area (Å²) < 4.78 is 0. The number of aliphatic hydroxyl groups excluding tert-OH is 1. The summed E-state index contributed by atoms with van der Waals surface area (Å²) in [5.74, 6) is 0. The van der Waals surface area contributed by atoms with Gasteiger partial charge in [0.1, 0.15) is 0 Å². The van der Waals surface area contributed by atoms with Crippen molar-refractivity contribution in [3.63, 3.8) is 0 Å². The summed E-state index contributed by atoms with van der Waals surface area (Å²) >= 11 is 0. The molecular weight excluding hydrogens is 308 g/mol. The summed E-state index contributed by atoms with van der Waals surface area (Å²) in [6.45, 7) is 5.20. The van der Waals surface area contributed by atoms with E-state index in [4.69, 9.17) is 0 Å². The molecule has 0 amide bonds. The summed E-state index contributed by atoms with van der Waals surface area (Å²) in [4.78, 5) is 4.86. The van der Waals surface area contributed by atoms with Crippen molar-refractivity contribution in [2.75, 3.05) is 33.3 Å². The number of hydrogen-bond donors (Lipinski definition) is 1. The van der Waals surface area contributed by atoms with Crippen LogP contribution in [-0.2, 0) is 13.1 Å². The molecule has 0 radical (unpaired) electrons. The molecule has 3 nitrogen and oxygen atoms in total. The van der Waals surface area contributed by atoms with E-state index in [0.29, 0.717) is 0 Å². The molecule has 134 valence electrons. The molecule has 0 saturated carbocycles. The molecule has 1 atom stereocenters. The Hall–Kier alpha value is -1.68. The first-order valence-electron chi connectivity index (χ1n) is 9.29. The van der Waals surface area contributed by atoms with Crippen LogP contribution < -0.4 is 0 Å². The van der Waals surface area contributed by atoms with E-state index < -0.39 is 0 Å². The van der Waals surface area contributed by atoms with Gasteiger partial charge in [-0.2, -0.15) is 0 Å². The zero-order valence-corrected chi connectivity index (χ0v) is 15.3. The zero-order valence-electron chi connectivity index (χ0n) is 15.3. The Bertz CT molecular complexity index is 627. The second-order valence-electron chi connectivity index (χ2n) is 7.62. The lowest BCUT2D eigenvalue weighted by Crippen LogP contribution is -2.50. The molecule has 1 heterocycles. The van der Waals surface area contributed by atoms with Crippen LogP contribution >= 0.6 is 0 Å². The van der Waals surface area contributed by atoms with E-state index in [0.717, 1.165) is 45.6 Å². The number of likely N-dealkylation sites (tertiary alicyclic amines) is 1. The van der Waals surface area contributed by atoms with Crippen molar-refractivity contribution in [1.29, 1.82) is 0 Å². The summed E-state index contributed by atoms with van der Waals surface area (Å²) in [5.41, 5.74) is 2.67. The molecule has 3 heteroatoms. The minimum atomic E-state index is -0.0173. The molecule has 1 fully saturated rings. The summed E-state index contributed by atoms with van der Waals surface area (Å²) in [6.07, 6.45) is 2.26. The first-order chi connectivity index (χ1) is 12.2. The maximum absolute atomic E-state index is 10.2. The van der Waals surface area contributed by atoms with Crippen molar-refractivity contribution in [3.8, 4) is 0 Å². The molecule has 2 aromatic carbocycles. The predicted octanol–water partition coefficient (Wildman–Crippen LogP) is 3.39. The molecular formula is C22H30N2O. The van der Waals surface area contributed by atoms with Gasteiger partial charge in [-0.25, -0.2) is 0 Å². The first-order valence-corrected chi connectivity index (χ1v) is 9.29. The molecule has 1 N–H and O–H groups in total. The van der Waals surface area contributed by atoms with Crippen molar-refractivity contribution in [2.45, 2.75) is 25.9 Å². The number of aliphatic hydroxyl groups is 1. The fraction of sp³-hybridized carbons (Fsp3) is 0.455. The highest BCUT2D eigenvalue weighted by Gasteiger charge is 2.35. The third kappa shape index (κ3) is 5.15. The largest absolute Gasteiger partial charge is 0.396 e. The molecule has 1 aliphatic rings. The van der Waals surface area contributed by atoms with Crippen molar-refractivity contribution in [2.24, 2.45) is 5.41 Å². The highest BCUT2D eigenvalue weighted by Crippen LogP contribution is 2.31. The van der Waals surface area contributed by atoms with Gasteiger partial charge in [0, 0.05) is 31.6 Å². The fourth-order valence-corrected chi connectivity index (χ4v) is 4.12. The number of rotatable bonds is 7. The van der Waals surface area contributed by atoms with Crippen LogP contribution in [0.4, 0.5) is 0 Å². The second-order valence-corrected chi connectivity index (χ2v) is 7.62. The van der Waals surface area contributed by atoms with Crippen LogP contribution in [-0.4, -0.2) is 48.2 Å². The van der Waals surface area contributed by atoms with Crippen molar-refractivity contribution in [1.82, 2.24) is 9.80 Å². The van der Waals surface area contributed by atoms with E-state index in [1.165, 1.54) is 11.1 Å². The minimum Gasteiger partial charge on any atom is -0.396 e. The maximum Gasteiger partial charge on any atom is 0.0512 e. The van der Waals surface area contributed by atoms with Gasteiger partial charge in [0.2, 0.25) is 0 Å². The van der Waals surface area contributed by atoms with Gasteiger partial charge in [-0.1, -0.05) is 60.7 Å². The molecule has 0 spiro atoms. The van der Waals surface area contributed by atoms with Crippen LogP contribution in [0.1, 0.15) is 24.0 Å². The van der Waals surface area contributed by atoms with Crippen LogP contribution in [0.3, 0.4) is 0 Å². The lowest BCUT2D eigenvalue weighted by Gasteiger charge is -2.44. The average Bonchev–Trinajstić information content (AvgIpc) is 2.63. The Balaban J connectivity index is 1.61. The van der Waals surface area contributed by atoms with Crippen LogP contribution in [0.15, 0.2) is 60.7 Å². The molecule has 0 aliphatic carbocycles. The Morgan fingerprint density at radius 2 is 1.64 bits per heavy atom. The van der Waals surface area contributed by atoms with Gasteiger partial charge in [-0.3, -0.25) is 4.90 Å². The number of piperidine rings is 1. The van der Waals surface area contributed by atoms with Gasteiger partial charge >= 0.3 is 0 Å². The van der Waals surface area contributed by atoms with E-state index in [9.17, 15) is 5.11 Å². The van der Waals surface area contributed by atoms with Gasteiger partial charge in [0.25, 0.3) is 0 Å². The summed E-state index contributed by atoms with van der Waals surface area (Å²) in [5, 5.41) is 10.2. The predicted molar refractivity (Wildman–Crippen MR) is 103 cm³/mol. The van der Waals surface area contributed by atoms with Crippen molar-refractivity contribution < 1.29 is 5.11 Å². The zero-order chi connectivity index (χ0) is 17.5. The standard InChI is InChI=1S/C22H30N2O/c1-23(15-20-9-4-2-5-10-20)17-22(19-25)13-8-14-24(18-22)16-21-11-6-3-7-12-21/h2-7,9-12,25H,8,13-19H2,1H3. The monoisotopic (exact) mass is 338 g/mol. The lowest BCUT2D eigenvalue weighted by atomic mass is 9.80. The lowest BCUT2D eigenvalue weighted by molar-refractivity contribution is 0.00454. The molecule has 3 rings (SSSR count). The number of nitrogens with zero attached hydrogens (tertiary/aromatic N) is 2. The van der Waals surface area contributed by atoms with E-state index >= 15 is 0 Å². The summed E-state index contributed by atoms with van der Waals surface area (Å²) in [7, 11) is 2.17. The van der Waals surface area contributed by atoms with Gasteiger partial charge in [-0.15, -0.1) is 0 Å². The first kappa shape index (κ1) is 18.1. The normalized spacial score (nSPS) is 21.6. The topological polar surface area (TPSA) is 26.7 Å². The Morgan fingerprint density at radius 3 is 2.28 bits per heavy atom. The SMILES string of the molecule is CN(Cc1ccccc1)CC1(CO)CCCN(Cc2ccccc2)C1. The third-order valence-corrected chi connectivity index (χ3v) is 5.23. The van der Waals surface area contributed by atoms with Crippen LogP contribution in [0.5, 0.6) is 0 Å². The Labute approximate surface area is 151 Å². The summed E-state index contributed by atoms with van der Waals surface area (Å²) in [6, 6.07) is 21.2. The van der Waals surface area contributed by atoms with E-state index in [1.54, 1.807) is 0 Å². The van der Waals surface area contributed by atoms with Gasteiger partial charge < -0.3 is 10.0 Å². The molecule has 25 heavy (non-hydrogen) atoms. The number of benzene rings is 2. The third-order valence-electron chi connectivity index (χ3n) is 5.23. The van der Waals surface area contributed by atoms with E-state index in [1.807, 2.05) is 0 Å². The van der Waals surface area contributed by atoms with Crippen molar-refractivity contribution >= 4 is 0 Å². The van der Waals surface area contributed by atoms with Gasteiger partial charge in [-0.05, 0) is 37.6 Å². The van der Waals surface area contributed by atoms with Crippen molar-refractivity contribution in [3.05, 3.63) is 71.8 Å². The molecule has 1 aliphatic heterocycles. The Kier molecular flexibility index (Phi) is 6.24. The average molecular weight is 338 g/mol. The van der Waals surface area contributed by atoms with Crippen LogP contribution in [0.25, 0.3) is 0 Å². The Morgan fingerprint density at radius 1 is 1.00 bits per heavy atom. The highest BCUT2D eigenvalue weighted by atomic mass is 16.3. The second kappa shape index (κ2) is 8.61. The fourth-order valence-electron chi connectivity index (χ4n) is 4.12. The minimum absolute atomic E-state index is 0.0173. The van der Waals surface area contributed by atoms with E-state index in [-0.39, 0.29) is 12.0 Å². The molecule has 0 bridgehead atoms. The van der Waals surface area contributed by atoms with Gasteiger partial charge in [0.15, 0.2) is 0 Å². The molecule has 0 aromatic heterocycles. The smallest absolute Gasteiger partial charge is 0.0512 e. The molecule has 2 aromatic rings. The highest BCUT2D eigenvalue weighted by molar-refractivity contribution is 5.15. The van der Waals surface area contributed by atoms with Crippen LogP contribution in [0, 0.1) is 5.41 Å². The number of hydrogen-bond acceptors (Lipinski definition) is 3. The quantitative estimate of drug-likeness (QED) is 0.838. The van der Waals surface area contributed by atoms with Crippen LogP contribution in [0.2, 0.25) is 0 Å². The van der Waals surface area contributed by atoms with E-state index in [2.05, 4.69) is 77.5 Å².